The summed E-state index contributed by atoms with van der Waals surface area (Å²) in [5.74, 6) is 0. The fourth-order valence-electron chi connectivity index (χ4n) is 2.32. The van der Waals surface area contributed by atoms with Crippen LogP contribution in [0.15, 0.2) is 36.7 Å². The van der Waals surface area contributed by atoms with E-state index >= 15 is 0 Å². The summed E-state index contributed by atoms with van der Waals surface area (Å²) >= 11 is 0. The van der Waals surface area contributed by atoms with E-state index in [9.17, 15) is 0 Å². The van der Waals surface area contributed by atoms with Gasteiger partial charge in [0.1, 0.15) is 0 Å². The topological polar surface area (TPSA) is 47.1 Å². The van der Waals surface area contributed by atoms with Crippen LogP contribution < -0.4 is 5.73 Å². The number of rotatable bonds is 6. The van der Waals surface area contributed by atoms with E-state index in [0.29, 0.717) is 6.04 Å². The SMILES string of the molecule is CC(C)N(CCc1cnn(C)c1)Cc1cccc(N)c1. The number of nitrogen functional groups attached to an aromatic ring is 1. The Kier molecular flexibility index (Phi) is 4.79. The number of benzene rings is 1. The lowest BCUT2D eigenvalue weighted by atomic mass is 10.1. The van der Waals surface area contributed by atoms with Crippen LogP contribution in [0.4, 0.5) is 5.69 Å². The van der Waals surface area contributed by atoms with E-state index in [1.165, 1.54) is 11.1 Å². The quantitative estimate of drug-likeness (QED) is 0.822. The van der Waals surface area contributed by atoms with E-state index in [-0.39, 0.29) is 0 Å². The van der Waals surface area contributed by atoms with Gasteiger partial charge in [-0.3, -0.25) is 9.58 Å². The van der Waals surface area contributed by atoms with Gasteiger partial charge in [-0.25, -0.2) is 0 Å². The number of aromatic nitrogens is 2. The molecule has 4 nitrogen and oxygen atoms in total. The third-order valence-electron chi connectivity index (χ3n) is 3.51. The second-order valence-electron chi connectivity index (χ2n) is 5.58. The number of aryl methyl sites for hydroxylation is 1. The molecule has 0 spiro atoms. The van der Waals surface area contributed by atoms with Crippen molar-refractivity contribution in [2.45, 2.75) is 32.9 Å². The maximum Gasteiger partial charge on any atom is 0.0522 e. The Balaban J connectivity index is 1.96. The fraction of sp³-hybridized carbons (Fsp3) is 0.438. The van der Waals surface area contributed by atoms with Gasteiger partial charge in [-0.05, 0) is 43.5 Å². The molecule has 0 atom stereocenters. The Hall–Kier alpha value is -1.81. The zero-order valence-corrected chi connectivity index (χ0v) is 12.6. The van der Waals surface area contributed by atoms with Gasteiger partial charge in [0.2, 0.25) is 0 Å². The smallest absolute Gasteiger partial charge is 0.0522 e. The van der Waals surface area contributed by atoms with E-state index in [1.54, 1.807) is 0 Å². The summed E-state index contributed by atoms with van der Waals surface area (Å²) in [7, 11) is 1.95. The number of hydrogen-bond acceptors (Lipinski definition) is 3. The maximum atomic E-state index is 5.85. The molecule has 2 rings (SSSR count). The summed E-state index contributed by atoms with van der Waals surface area (Å²) in [6, 6.07) is 8.64. The Morgan fingerprint density at radius 1 is 1.30 bits per heavy atom. The predicted octanol–water partition coefficient (Wildman–Crippen LogP) is 2.46. The van der Waals surface area contributed by atoms with Crippen molar-refractivity contribution in [2.75, 3.05) is 12.3 Å². The summed E-state index contributed by atoms with van der Waals surface area (Å²) in [5.41, 5.74) is 9.23. The Morgan fingerprint density at radius 3 is 2.70 bits per heavy atom. The lowest BCUT2D eigenvalue weighted by Crippen LogP contribution is -2.32. The van der Waals surface area contributed by atoms with E-state index in [4.69, 9.17) is 5.73 Å². The summed E-state index contributed by atoms with van der Waals surface area (Å²) in [6.45, 7) is 6.42. The van der Waals surface area contributed by atoms with Crippen molar-refractivity contribution in [1.82, 2.24) is 14.7 Å². The monoisotopic (exact) mass is 272 g/mol. The van der Waals surface area contributed by atoms with Crippen LogP contribution in [0.2, 0.25) is 0 Å². The molecule has 1 aromatic heterocycles. The normalized spacial score (nSPS) is 11.4. The van der Waals surface area contributed by atoms with E-state index < -0.39 is 0 Å². The van der Waals surface area contributed by atoms with Gasteiger partial charge in [-0.1, -0.05) is 12.1 Å². The largest absolute Gasteiger partial charge is 0.399 e. The number of hydrogen-bond donors (Lipinski definition) is 1. The second kappa shape index (κ2) is 6.57. The van der Waals surface area contributed by atoms with Crippen LogP contribution in [-0.4, -0.2) is 27.3 Å². The van der Waals surface area contributed by atoms with Crippen LogP contribution in [0.3, 0.4) is 0 Å². The first-order valence-electron chi connectivity index (χ1n) is 7.10. The second-order valence-corrected chi connectivity index (χ2v) is 5.58. The standard InChI is InChI=1S/C16H24N4/c1-13(2)20(8-7-15-10-18-19(3)11-15)12-14-5-4-6-16(17)9-14/h4-6,9-11,13H,7-8,12,17H2,1-3H3. The molecule has 0 fully saturated rings. The van der Waals surface area contributed by atoms with Gasteiger partial charge in [0, 0.05) is 38.1 Å². The molecule has 0 unspecified atom stereocenters. The van der Waals surface area contributed by atoms with Gasteiger partial charge in [0.05, 0.1) is 6.20 Å². The number of nitrogens with zero attached hydrogens (tertiary/aromatic N) is 3. The maximum absolute atomic E-state index is 5.85. The Morgan fingerprint density at radius 2 is 2.10 bits per heavy atom. The first kappa shape index (κ1) is 14.6. The van der Waals surface area contributed by atoms with Crippen molar-refractivity contribution in [3.63, 3.8) is 0 Å². The third-order valence-corrected chi connectivity index (χ3v) is 3.51. The van der Waals surface area contributed by atoms with Gasteiger partial charge >= 0.3 is 0 Å². The lowest BCUT2D eigenvalue weighted by Gasteiger charge is -2.26. The molecule has 0 aliphatic carbocycles. The van der Waals surface area contributed by atoms with E-state index in [2.05, 4.69) is 42.2 Å². The van der Waals surface area contributed by atoms with Crippen molar-refractivity contribution in [1.29, 1.82) is 0 Å². The molecule has 1 heterocycles. The van der Waals surface area contributed by atoms with Crippen molar-refractivity contribution in [3.8, 4) is 0 Å². The van der Waals surface area contributed by atoms with Gasteiger partial charge < -0.3 is 5.73 Å². The highest BCUT2D eigenvalue weighted by Crippen LogP contribution is 2.12. The fourth-order valence-corrected chi connectivity index (χ4v) is 2.32. The van der Waals surface area contributed by atoms with Crippen LogP contribution in [0.5, 0.6) is 0 Å². The predicted molar refractivity (Wildman–Crippen MR) is 83.3 cm³/mol. The van der Waals surface area contributed by atoms with Crippen LogP contribution >= 0.6 is 0 Å². The molecule has 0 bridgehead atoms. The first-order valence-corrected chi connectivity index (χ1v) is 7.10. The van der Waals surface area contributed by atoms with E-state index in [1.807, 2.05) is 30.1 Å². The first-order chi connectivity index (χ1) is 9.54. The minimum Gasteiger partial charge on any atom is -0.399 e. The van der Waals surface area contributed by atoms with Crippen molar-refractivity contribution >= 4 is 5.69 Å². The van der Waals surface area contributed by atoms with Crippen LogP contribution in [-0.2, 0) is 20.0 Å². The Bertz CT molecular complexity index is 545. The van der Waals surface area contributed by atoms with Crippen LogP contribution in [0.25, 0.3) is 0 Å². The molecular formula is C16H24N4. The molecule has 4 heteroatoms. The highest BCUT2D eigenvalue weighted by Gasteiger charge is 2.11. The summed E-state index contributed by atoms with van der Waals surface area (Å²) < 4.78 is 1.85. The zero-order chi connectivity index (χ0) is 14.5. The molecule has 0 aliphatic rings. The average molecular weight is 272 g/mol. The molecule has 108 valence electrons. The molecule has 0 saturated carbocycles. The summed E-state index contributed by atoms with van der Waals surface area (Å²) in [5, 5.41) is 4.22. The molecule has 0 amide bonds. The van der Waals surface area contributed by atoms with Gasteiger partial charge in [-0.15, -0.1) is 0 Å². The van der Waals surface area contributed by atoms with Gasteiger partial charge in [0.15, 0.2) is 0 Å². The molecule has 1 aromatic carbocycles. The van der Waals surface area contributed by atoms with Crippen LogP contribution in [0, 0.1) is 0 Å². The molecule has 0 aliphatic heterocycles. The van der Waals surface area contributed by atoms with Crippen molar-refractivity contribution in [2.24, 2.45) is 7.05 Å². The van der Waals surface area contributed by atoms with Gasteiger partial charge in [-0.2, -0.15) is 5.10 Å². The highest BCUT2D eigenvalue weighted by atomic mass is 15.2. The number of anilines is 1. The summed E-state index contributed by atoms with van der Waals surface area (Å²) in [4.78, 5) is 2.46. The summed E-state index contributed by atoms with van der Waals surface area (Å²) in [6.07, 6.45) is 5.05. The Labute approximate surface area is 121 Å². The van der Waals surface area contributed by atoms with Gasteiger partial charge in [0.25, 0.3) is 0 Å². The molecule has 2 N–H and O–H groups in total. The lowest BCUT2D eigenvalue weighted by molar-refractivity contribution is 0.215. The molecule has 2 aromatic rings. The zero-order valence-electron chi connectivity index (χ0n) is 12.6. The average Bonchev–Trinajstić information content (AvgIpc) is 2.80. The van der Waals surface area contributed by atoms with Crippen molar-refractivity contribution < 1.29 is 0 Å². The molecular weight excluding hydrogens is 248 g/mol. The third kappa shape index (κ3) is 4.10. The number of nitrogens with two attached hydrogens (primary N) is 1. The van der Waals surface area contributed by atoms with Crippen molar-refractivity contribution in [3.05, 3.63) is 47.8 Å². The minimum atomic E-state index is 0.508. The van der Waals surface area contributed by atoms with Crippen LogP contribution in [0.1, 0.15) is 25.0 Å². The van der Waals surface area contributed by atoms with E-state index in [0.717, 1.165) is 25.2 Å². The molecule has 20 heavy (non-hydrogen) atoms. The molecule has 0 radical (unpaired) electrons. The molecule has 0 saturated heterocycles. The minimum absolute atomic E-state index is 0.508. The highest BCUT2D eigenvalue weighted by molar-refractivity contribution is 5.40.